The molecule has 1 rings (SSSR count). The lowest BCUT2D eigenvalue weighted by atomic mass is 10.1. The van der Waals surface area contributed by atoms with E-state index >= 15 is 0 Å². The van der Waals surface area contributed by atoms with Crippen molar-refractivity contribution < 1.29 is 22.0 Å². The Morgan fingerprint density at radius 2 is 1.95 bits per heavy atom. The van der Waals surface area contributed by atoms with E-state index in [1.165, 1.54) is 7.05 Å². The van der Waals surface area contributed by atoms with Crippen LogP contribution in [0.15, 0.2) is 17.0 Å². The molecule has 1 aromatic carbocycles. The van der Waals surface area contributed by atoms with Crippen molar-refractivity contribution >= 4 is 25.6 Å². The van der Waals surface area contributed by atoms with Gasteiger partial charge in [0, 0.05) is 24.3 Å². The smallest absolute Gasteiger partial charge is 0.264 e. The lowest BCUT2D eigenvalue weighted by Crippen LogP contribution is -2.29. The van der Waals surface area contributed by atoms with Gasteiger partial charge in [-0.1, -0.05) is 6.92 Å². The summed E-state index contributed by atoms with van der Waals surface area (Å²) in [5, 5.41) is 0. The molecule has 0 radical (unpaired) electrons. The lowest BCUT2D eigenvalue weighted by molar-refractivity contribution is 0.0784. The number of hydrogen-bond donors (Lipinski definition) is 0. The number of benzene rings is 1. The molecule has 1 aromatic rings. The molecule has 0 heterocycles. The third kappa shape index (κ3) is 3.42. The van der Waals surface area contributed by atoms with E-state index in [0.29, 0.717) is 18.6 Å². The maximum atomic E-state index is 13.9. The quantitative estimate of drug-likeness (QED) is 0.802. The van der Waals surface area contributed by atoms with Crippen molar-refractivity contribution in [1.82, 2.24) is 4.90 Å². The van der Waals surface area contributed by atoms with Crippen LogP contribution in [0.1, 0.15) is 23.7 Å². The van der Waals surface area contributed by atoms with Crippen LogP contribution in [-0.4, -0.2) is 32.8 Å². The van der Waals surface area contributed by atoms with Gasteiger partial charge in [0.15, 0.2) is 5.82 Å². The van der Waals surface area contributed by atoms with Gasteiger partial charge in [-0.3, -0.25) is 4.79 Å². The minimum absolute atomic E-state index is 0.287. The fraction of sp³-hybridized carbons (Fsp3) is 0.364. The average molecular weight is 312 g/mol. The molecule has 0 aliphatic rings. The van der Waals surface area contributed by atoms with Crippen molar-refractivity contribution in [3.63, 3.8) is 0 Å². The Kier molecular flexibility index (Phi) is 4.86. The van der Waals surface area contributed by atoms with Gasteiger partial charge >= 0.3 is 0 Å². The van der Waals surface area contributed by atoms with Crippen molar-refractivity contribution in [2.24, 2.45) is 0 Å². The second kappa shape index (κ2) is 5.83. The second-order valence-electron chi connectivity index (χ2n) is 3.90. The fourth-order valence-corrected chi connectivity index (χ4v) is 2.45. The van der Waals surface area contributed by atoms with Gasteiger partial charge in [0.05, 0.1) is 0 Å². The van der Waals surface area contributed by atoms with E-state index in [-0.39, 0.29) is 6.54 Å². The summed E-state index contributed by atoms with van der Waals surface area (Å²) in [5.74, 6) is -3.53. The van der Waals surface area contributed by atoms with Crippen LogP contribution in [0.3, 0.4) is 0 Å². The Hall–Kier alpha value is -1.21. The summed E-state index contributed by atoms with van der Waals surface area (Å²) in [5.41, 5.74) is -0.919. The lowest BCUT2D eigenvalue weighted by Gasteiger charge is -2.17. The van der Waals surface area contributed by atoms with E-state index in [1.54, 1.807) is 6.92 Å². The minimum Gasteiger partial charge on any atom is -0.342 e. The summed E-state index contributed by atoms with van der Waals surface area (Å²) in [6.07, 6.45) is 0.596. The highest BCUT2D eigenvalue weighted by Gasteiger charge is 2.27. The molecule has 0 saturated carbocycles. The van der Waals surface area contributed by atoms with E-state index in [2.05, 4.69) is 0 Å². The van der Waals surface area contributed by atoms with Crippen molar-refractivity contribution in [2.45, 2.75) is 18.2 Å². The molecule has 4 nitrogen and oxygen atoms in total. The highest BCUT2D eigenvalue weighted by atomic mass is 35.7. The van der Waals surface area contributed by atoms with Crippen LogP contribution >= 0.6 is 10.7 Å². The molecule has 19 heavy (non-hydrogen) atoms. The van der Waals surface area contributed by atoms with Crippen LogP contribution in [0.5, 0.6) is 0 Å². The van der Waals surface area contributed by atoms with Crippen LogP contribution in [-0.2, 0) is 9.05 Å². The Bertz CT molecular complexity index is 604. The summed E-state index contributed by atoms with van der Waals surface area (Å²) in [4.78, 5) is 12.1. The van der Waals surface area contributed by atoms with Crippen LogP contribution in [0, 0.1) is 11.6 Å². The standard InChI is InChI=1S/C11H12ClF2NO3S/c1-3-6-15(2)11(16)9-7(13)4-5-8(10(9)14)19(12,17)18/h4-5H,3,6H2,1-2H3. The number of carbonyl (C=O) groups excluding carboxylic acids is 1. The Morgan fingerprint density at radius 1 is 1.37 bits per heavy atom. The molecular formula is C11H12ClF2NO3S. The predicted molar refractivity (Wildman–Crippen MR) is 66.6 cm³/mol. The fourth-order valence-electron chi connectivity index (χ4n) is 1.55. The molecular weight excluding hydrogens is 300 g/mol. The van der Waals surface area contributed by atoms with Gasteiger partial charge in [0.2, 0.25) is 0 Å². The molecule has 0 N–H and O–H groups in total. The van der Waals surface area contributed by atoms with E-state index in [9.17, 15) is 22.0 Å². The number of nitrogens with zero attached hydrogens (tertiary/aromatic N) is 1. The van der Waals surface area contributed by atoms with Crippen LogP contribution in [0.25, 0.3) is 0 Å². The molecule has 0 saturated heterocycles. The van der Waals surface area contributed by atoms with Crippen LogP contribution < -0.4 is 0 Å². The summed E-state index contributed by atoms with van der Waals surface area (Å²) in [7, 11) is 2.00. The van der Waals surface area contributed by atoms with E-state index in [1.807, 2.05) is 0 Å². The third-order valence-corrected chi connectivity index (χ3v) is 3.78. The molecule has 8 heteroatoms. The highest BCUT2D eigenvalue weighted by Crippen LogP contribution is 2.24. The first-order valence-corrected chi connectivity index (χ1v) is 7.69. The molecule has 0 aliphatic carbocycles. The Labute approximate surface area is 114 Å². The van der Waals surface area contributed by atoms with Crippen molar-refractivity contribution in [1.29, 1.82) is 0 Å². The Balaban J connectivity index is 3.40. The molecule has 0 aromatic heterocycles. The van der Waals surface area contributed by atoms with Gasteiger partial charge in [0.1, 0.15) is 16.3 Å². The average Bonchev–Trinajstić information content (AvgIpc) is 2.27. The molecule has 1 amide bonds. The summed E-state index contributed by atoms with van der Waals surface area (Å²) in [6, 6.07) is 1.38. The van der Waals surface area contributed by atoms with Gasteiger partial charge < -0.3 is 4.90 Å². The summed E-state index contributed by atoms with van der Waals surface area (Å²) in [6.45, 7) is 2.08. The number of rotatable bonds is 4. The molecule has 0 atom stereocenters. The van der Waals surface area contributed by atoms with Crippen molar-refractivity contribution in [3.8, 4) is 0 Å². The van der Waals surface area contributed by atoms with E-state index in [0.717, 1.165) is 4.90 Å². The topological polar surface area (TPSA) is 54.5 Å². The van der Waals surface area contributed by atoms with Crippen molar-refractivity contribution in [3.05, 3.63) is 29.3 Å². The maximum Gasteiger partial charge on any atom is 0.264 e. The largest absolute Gasteiger partial charge is 0.342 e. The highest BCUT2D eigenvalue weighted by molar-refractivity contribution is 8.13. The normalized spacial score (nSPS) is 11.4. The molecule has 0 spiro atoms. The second-order valence-corrected chi connectivity index (χ2v) is 6.43. The van der Waals surface area contributed by atoms with Gasteiger partial charge in [-0.15, -0.1) is 0 Å². The predicted octanol–water partition coefficient (Wildman–Crippen LogP) is 2.37. The molecule has 0 aliphatic heterocycles. The first-order valence-electron chi connectivity index (χ1n) is 5.38. The van der Waals surface area contributed by atoms with Crippen LogP contribution in [0.2, 0.25) is 0 Å². The van der Waals surface area contributed by atoms with Gasteiger partial charge in [-0.25, -0.2) is 17.2 Å². The zero-order chi connectivity index (χ0) is 14.8. The number of halogens is 3. The zero-order valence-corrected chi connectivity index (χ0v) is 11.9. The third-order valence-electron chi connectivity index (χ3n) is 2.44. The summed E-state index contributed by atoms with van der Waals surface area (Å²) < 4.78 is 49.7. The zero-order valence-electron chi connectivity index (χ0n) is 10.3. The van der Waals surface area contributed by atoms with Crippen molar-refractivity contribution in [2.75, 3.05) is 13.6 Å². The first-order chi connectivity index (χ1) is 8.70. The first kappa shape index (κ1) is 15.8. The van der Waals surface area contributed by atoms with Gasteiger partial charge in [0.25, 0.3) is 15.0 Å². The van der Waals surface area contributed by atoms with E-state index in [4.69, 9.17) is 10.7 Å². The summed E-state index contributed by atoms with van der Waals surface area (Å²) >= 11 is 0. The number of amides is 1. The molecule has 0 bridgehead atoms. The number of hydrogen-bond acceptors (Lipinski definition) is 3. The molecule has 0 fully saturated rings. The van der Waals surface area contributed by atoms with Crippen LogP contribution in [0.4, 0.5) is 8.78 Å². The number of carbonyl (C=O) groups is 1. The minimum atomic E-state index is -4.38. The van der Waals surface area contributed by atoms with E-state index < -0.39 is 37.1 Å². The maximum absolute atomic E-state index is 13.9. The molecule has 106 valence electrons. The van der Waals surface area contributed by atoms with Gasteiger partial charge in [-0.2, -0.15) is 0 Å². The Morgan fingerprint density at radius 3 is 2.42 bits per heavy atom. The SMILES string of the molecule is CCCN(C)C(=O)c1c(F)ccc(S(=O)(=O)Cl)c1F. The van der Waals surface area contributed by atoms with Gasteiger partial charge in [-0.05, 0) is 18.6 Å². The monoisotopic (exact) mass is 311 g/mol. The molecule has 0 unspecified atom stereocenters.